The largest absolute Gasteiger partial charge is 0.329 e. The first-order valence-electron chi connectivity index (χ1n) is 5.72. The van der Waals surface area contributed by atoms with E-state index in [9.17, 15) is 0 Å². The first kappa shape index (κ1) is 11.1. The summed E-state index contributed by atoms with van der Waals surface area (Å²) in [5.74, 6) is 1.49. The second-order valence-corrected chi connectivity index (χ2v) is 4.08. The first-order valence-corrected chi connectivity index (χ1v) is 5.72. The van der Waals surface area contributed by atoms with E-state index >= 15 is 0 Å². The predicted octanol–water partition coefficient (Wildman–Crippen LogP) is 1.68. The summed E-state index contributed by atoms with van der Waals surface area (Å²) in [4.78, 5) is 8.85. The molecular formula is C12H18N4. The molecule has 2 heterocycles. The Kier molecular flexibility index (Phi) is 3.19. The summed E-state index contributed by atoms with van der Waals surface area (Å²) < 4.78 is 2.13. The number of imidazole rings is 1. The van der Waals surface area contributed by atoms with Crippen LogP contribution in [0, 0.1) is 0 Å². The van der Waals surface area contributed by atoms with Gasteiger partial charge in [-0.3, -0.25) is 0 Å². The monoisotopic (exact) mass is 218 g/mol. The van der Waals surface area contributed by atoms with Crippen LogP contribution < -0.4 is 5.32 Å². The van der Waals surface area contributed by atoms with Crippen LogP contribution in [-0.4, -0.2) is 27.6 Å². The lowest BCUT2D eigenvalue weighted by Gasteiger charge is -2.11. The molecule has 0 amide bonds. The van der Waals surface area contributed by atoms with Gasteiger partial charge in [0, 0.05) is 25.7 Å². The molecule has 0 fully saturated rings. The van der Waals surface area contributed by atoms with Crippen LogP contribution in [0.1, 0.15) is 25.6 Å². The Balaban J connectivity index is 2.33. The Morgan fingerprint density at radius 3 is 3.00 bits per heavy atom. The zero-order valence-electron chi connectivity index (χ0n) is 10.1. The smallest absolute Gasteiger partial charge is 0.177 e. The van der Waals surface area contributed by atoms with E-state index in [4.69, 9.17) is 0 Å². The standard InChI is InChI=1S/C12H18N4/c1-4-13-8-9(2)12-15-11-10(16(12)3)6-5-7-14-11/h5-7,9,13H,4,8H2,1-3H3. The number of aromatic nitrogens is 3. The first-order chi connectivity index (χ1) is 7.74. The fourth-order valence-electron chi connectivity index (χ4n) is 1.94. The number of rotatable bonds is 4. The molecule has 1 N–H and O–H groups in total. The highest BCUT2D eigenvalue weighted by atomic mass is 15.1. The average molecular weight is 218 g/mol. The SMILES string of the molecule is CCNCC(C)c1nc2ncccc2n1C. The number of hydrogen-bond acceptors (Lipinski definition) is 3. The fourth-order valence-corrected chi connectivity index (χ4v) is 1.94. The van der Waals surface area contributed by atoms with Gasteiger partial charge in [-0.15, -0.1) is 0 Å². The van der Waals surface area contributed by atoms with Gasteiger partial charge in [-0.1, -0.05) is 13.8 Å². The summed E-state index contributed by atoms with van der Waals surface area (Å²) in [6.07, 6.45) is 1.79. The number of aryl methyl sites for hydroxylation is 1. The minimum Gasteiger partial charge on any atom is -0.329 e. The molecule has 16 heavy (non-hydrogen) atoms. The molecule has 0 aromatic carbocycles. The van der Waals surface area contributed by atoms with Crippen molar-refractivity contribution in [2.45, 2.75) is 19.8 Å². The Morgan fingerprint density at radius 1 is 1.50 bits per heavy atom. The van der Waals surface area contributed by atoms with Crippen molar-refractivity contribution in [3.05, 3.63) is 24.2 Å². The number of pyridine rings is 1. The van der Waals surface area contributed by atoms with Gasteiger partial charge in [0.05, 0.1) is 5.52 Å². The number of nitrogens with one attached hydrogen (secondary N) is 1. The van der Waals surface area contributed by atoms with Crippen LogP contribution >= 0.6 is 0 Å². The van der Waals surface area contributed by atoms with E-state index in [-0.39, 0.29) is 0 Å². The van der Waals surface area contributed by atoms with Gasteiger partial charge in [0.25, 0.3) is 0 Å². The summed E-state index contributed by atoms with van der Waals surface area (Å²) >= 11 is 0. The van der Waals surface area contributed by atoms with Gasteiger partial charge < -0.3 is 9.88 Å². The van der Waals surface area contributed by atoms with Gasteiger partial charge in [-0.2, -0.15) is 0 Å². The van der Waals surface area contributed by atoms with E-state index in [2.05, 4.69) is 46.8 Å². The zero-order chi connectivity index (χ0) is 11.5. The average Bonchev–Trinajstić information content (AvgIpc) is 2.64. The Labute approximate surface area is 95.7 Å². The summed E-state index contributed by atoms with van der Waals surface area (Å²) in [7, 11) is 2.05. The number of nitrogens with zero attached hydrogens (tertiary/aromatic N) is 3. The van der Waals surface area contributed by atoms with E-state index in [1.54, 1.807) is 6.20 Å². The topological polar surface area (TPSA) is 42.7 Å². The molecule has 1 atom stereocenters. The van der Waals surface area contributed by atoms with Crippen LogP contribution in [0.2, 0.25) is 0 Å². The van der Waals surface area contributed by atoms with Crippen LogP contribution in [0.3, 0.4) is 0 Å². The molecule has 4 heteroatoms. The second-order valence-electron chi connectivity index (χ2n) is 4.08. The maximum Gasteiger partial charge on any atom is 0.177 e. The van der Waals surface area contributed by atoms with Crippen molar-refractivity contribution in [1.82, 2.24) is 19.9 Å². The molecule has 0 spiro atoms. The molecule has 0 aliphatic heterocycles. The minimum absolute atomic E-state index is 0.402. The summed E-state index contributed by atoms with van der Waals surface area (Å²) in [5, 5.41) is 3.34. The molecule has 0 saturated carbocycles. The Bertz CT molecular complexity index is 475. The van der Waals surface area contributed by atoms with Crippen molar-refractivity contribution in [3.63, 3.8) is 0 Å². The van der Waals surface area contributed by atoms with Gasteiger partial charge in [-0.25, -0.2) is 9.97 Å². The maximum absolute atomic E-state index is 4.58. The third-order valence-corrected chi connectivity index (χ3v) is 2.83. The third kappa shape index (κ3) is 1.93. The Morgan fingerprint density at radius 2 is 2.31 bits per heavy atom. The molecule has 0 bridgehead atoms. The predicted molar refractivity (Wildman–Crippen MR) is 65.5 cm³/mol. The molecule has 1 unspecified atom stereocenters. The van der Waals surface area contributed by atoms with Crippen molar-refractivity contribution < 1.29 is 0 Å². The highest BCUT2D eigenvalue weighted by Gasteiger charge is 2.14. The molecule has 0 aliphatic rings. The minimum atomic E-state index is 0.402. The molecule has 0 aliphatic carbocycles. The molecule has 0 saturated heterocycles. The molecule has 2 rings (SSSR count). The molecule has 86 valence electrons. The Hall–Kier alpha value is -1.42. The van der Waals surface area contributed by atoms with Gasteiger partial charge in [-0.05, 0) is 18.7 Å². The third-order valence-electron chi connectivity index (χ3n) is 2.83. The highest BCUT2D eigenvalue weighted by molar-refractivity contribution is 5.71. The van der Waals surface area contributed by atoms with Gasteiger partial charge >= 0.3 is 0 Å². The summed E-state index contributed by atoms with van der Waals surface area (Å²) in [6, 6.07) is 4.00. The van der Waals surface area contributed by atoms with E-state index < -0.39 is 0 Å². The number of likely N-dealkylation sites (N-methyl/N-ethyl adjacent to an activating group) is 1. The van der Waals surface area contributed by atoms with Crippen molar-refractivity contribution in [1.29, 1.82) is 0 Å². The van der Waals surface area contributed by atoms with Crippen LogP contribution in [0.25, 0.3) is 11.2 Å². The van der Waals surface area contributed by atoms with Gasteiger partial charge in [0.2, 0.25) is 0 Å². The quantitative estimate of drug-likeness (QED) is 0.849. The lowest BCUT2D eigenvalue weighted by Crippen LogP contribution is -2.21. The van der Waals surface area contributed by atoms with Crippen LogP contribution in [0.4, 0.5) is 0 Å². The van der Waals surface area contributed by atoms with Crippen LogP contribution in [-0.2, 0) is 7.05 Å². The van der Waals surface area contributed by atoms with E-state index in [0.717, 1.165) is 30.1 Å². The van der Waals surface area contributed by atoms with Gasteiger partial charge in [0.15, 0.2) is 5.65 Å². The number of hydrogen-bond donors (Lipinski definition) is 1. The normalized spacial score (nSPS) is 13.2. The van der Waals surface area contributed by atoms with E-state index in [1.165, 1.54) is 0 Å². The highest BCUT2D eigenvalue weighted by Crippen LogP contribution is 2.18. The summed E-state index contributed by atoms with van der Waals surface area (Å²) in [5.41, 5.74) is 1.93. The van der Waals surface area contributed by atoms with E-state index in [0.29, 0.717) is 5.92 Å². The van der Waals surface area contributed by atoms with Crippen molar-refractivity contribution in [2.24, 2.45) is 7.05 Å². The van der Waals surface area contributed by atoms with Crippen LogP contribution in [0.15, 0.2) is 18.3 Å². The molecular weight excluding hydrogens is 200 g/mol. The lowest BCUT2D eigenvalue weighted by atomic mass is 10.1. The molecule has 2 aromatic heterocycles. The van der Waals surface area contributed by atoms with E-state index in [1.807, 2.05) is 6.07 Å². The lowest BCUT2D eigenvalue weighted by molar-refractivity contribution is 0.593. The van der Waals surface area contributed by atoms with Gasteiger partial charge in [0.1, 0.15) is 5.82 Å². The zero-order valence-corrected chi connectivity index (χ0v) is 10.1. The van der Waals surface area contributed by atoms with Crippen molar-refractivity contribution in [3.8, 4) is 0 Å². The summed E-state index contributed by atoms with van der Waals surface area (Å²) in [6.45, 7) is 6.24. The number of fused-ring (bicyclic) bond motifs is 1. The van der Waals surface area contributed by atoms with Crippen LogP contribution in [0.5, 0.6) is 0 Å². The van der Waals surface area contributed by atoms with Crippen molar-refractivity contribution in [2.75, 3.05) is 13.1 Å². The second kappa shape index (κ2) is 4.61. The molecule has 4 nitrogen and oxygen atoms in total. The fraction of sp³-hybridized carbons (Fsp3) is 0.500. The van der Waals surface area contributed by atoms with Crippen molar-refractivity contribution >= 4 is 11.2 Å². The molecule has 2 aromatic rings. The molecule has 0 radical (unpaired) electrons. The maximum atomic E-state index is 4.58.